The van der Waals surface area contributed by atoms with Crippen molar-refractivity contribution in [3.63, 3.8) is 0 Å². The van der Waals surface area contributed by atoms with Gasteiger partial charge in [-0.25, -0.2) is 0 Å². The lowest BCUT2D eigenvalue weighted by Crippen LogP contribution is -2.22. The minimum Gasteiger partial charge on any atom is -0.392 e. The van der Waals surface area contributed by atoms with Gasteiger partial charge in [-0.15, -0.1) is 23.1 Å². The van der Waals surface area contributed by atoms with Gasteiger partial charge in [0.1, 0.15) is 6.10 Å². The molecule has 0 aliphatic carbocycles. The molecule has 2 fully saturated rings. The zero-order chi connectivity index (χ0) is 23.4. The molecule has 33 heavy (non-hydrogen) atoms. The van der Waals surface area contributed by atoms with Crippen LogP contribution in [0.15, 0.2) is 59.5 Å². The number of fused-ring (bicyclic) bond motifs is 1. The monoisotopic (exact) mass is 484 g/mol. The largest absolute Gasteiger partial charge is 0.392 e. The zero-order valence-corrected chi connectivity index (χ0v) is 21.3. The maximum Gasteiger partial charge on any atom is 0.187 e. The molecular formula is C27H32O4S2. The lowest BCUT2D eigenvalue weighted by molar-refractivity contribution is -0.192. The van der Waals surface area contributed by atoms with Crippen molar-refractivity contribution in [2.75, 3.05) is 12.9 Å². The summed E-state index contributed by atoms with van der Waals surface area (Å²) in [7, 11) is 0. The quantitative estimate of drug-likeness (QED) is 0.424. The van der Waals surface area contributed by atoms with Crippen LogP contribution in [0.25, 0.3) is 10.4 Å². The number of thioether (sulfide) groups is 1. The van der Waals surface area contributed by atoms with E-state index in [-0.39, 0.29) is 19.0 Å². The van der Waals surface area contributed by atoms with Crippen LogP contribution in [-0.2, 0) is 27.2 Å². The van der Waals surface area contributed by atoms with Crippen LogP contribution in [0.3, 0.4) is 0 Å². The van der Waals surface area contributed by atoms with E-state index in [1.165, 1.54) is 31.3 Å². The summed E-state index contributed by atoms with van der Waals surface area (Å²) in [5.41, 5.74) is 4.83. The van der Waals surface area contributed by atoms with Gasteiger partial charge in [0.2, 0.25) is 0 Å². The summed E-state index contributed by atoms with van der Waals surface area (Å²) in [5, 5.41) is 9.32. The summed E-state index contributed by atoms with van der Waals surface area (Å²) in [6.45, 7) is 6.83. The smallest absolute Gasteiger partial charge is 0.187 e. The van der Waals surface area contributed by atoms with E-state index in [2.05, 4.69) is 61.7 Å². The van der Waals surface area contributed by atoms with E-state index >= 15 is 0 Å². The number of aryl methyl sites for hydroxylation is 1. The fourth-order valence-electron chi connectivity index (χ4n) is 4.02. The Balaban J connectivity index is 0.000000214. The van der Waals surface area contributed by atoms with Crippen molar-refractivity contribution in [1.29, 1.82) is 0 Å². The first-order valence-electron chi connectivity index (χ1n) is 11.3. The Morgan fingerprint density at radius 2 is 1.85 bits per heavy atom. The van der Waals surface area contributed by atoms with E-state index in [0.717, 1.165) is 25.0 Å². The van der Waals surface area contributed by atoms with Gasteiger partial charge in [-0.1, -0.05) is 30.3 Å². The van der Waals surface area contributed by atoms with E-state index in [0.29, 0.717) is 0 Å². The van der Waals surface area contributed by atoms with Gasteiger partial charge in [0.15, 0.2) is 12.1 Å². The van der Waals surface area contributed by atoms with Gasteiger partial charge in [-0.3, -0.25) is 0 Å². The summed E-state index contributed by atoms with van der Waals surface area (Å²) in [4.78, 5) is 3.96. The molecule has 4 nitrogen and oxygen atoms in total. The molecule has 1 aromatic heterocycles. The number of hydrogen-bond acceptors (Lipinski definition) is 6. The average Bonchev–Trinajstić information content (AvgIpc) is 3.51. The van der Waals surface area contributed by atoms with Crippen LogP contribution in [-0.4, -0.2) is 36.2 Å². The van der Waals surface area contributed by atoms with E-state index in [1.54, 1.807) is 11.8 Å². The molecule has 176 valence electrons. The van der Waals surface area contributed by atoms with Crippen LogP contribution < -0.4 is 0 Å². The molecule has 2 atom stereocenters. The molecule has 0 radical (unpaired) electrons. The second kappa shape index (κ2) is 10.7. The van der Waals surface area contributed by atoms with Crippen molar-refractivity contribution in [3.05, 3.63) is 76.2 Å². The summed E-state index contributed by atoms with van der Waals surface area (Å²) < 4.78 is 16.2. The Bertz CT molecular complexity index is 1040. The highest BCUT2D eigenvalue weighted by Gasteiger charge is 2.44. The molecule has 5 rings (SSSR count). The van der Waals surface area contributed by atoms with Crippen LogP contribution in [0.1, 0.15) is 41.8 Å². The van der Waals surface area contributed by atoms with Gasteiger partial charge in [0, 0.05) is 27.5 Å². The predicted octanol–water partition coefficient (Wildman–Crippen LogP) is 6.41. The molecule has 0 saturated carbocycles. The van der Waals surface area contributed by atoms with Crippen molar-refractivity contribution in [2.45, 2.75) is 63.3 Å². The molecule has 3 aromatic rings. The van der Waals surface area contributed by atoms with Crippen molar-refractivity contribution >= 4 is 23.1 Å². The maximum atomic E-state index is 9.32. The third kappa shape index (κ3) is 6.27. The van der Waals surface area contributed by atoms with Gasteiger partial charge in [0.05, 0.1) is 13.2 Å². The molecule has 0 spiro atoms. The Hall–Kier alpha value is -1.67. The molecule has 0 amide bonds. The molecular weight excluding hydrogens is 452 g/mol. The Morgan fingerprint density at radius 3 is 2.55 bits per heavy atom. The van der Waals surface area contributed by atoms with E-state index in [4.69, 9.17) is 14.2 Å². The van der Waals surface area contributed by atoms with Gasteiger partial charge in [-0.2, -0.15) is 0 Å². The minimum atomic E-state index is -0.435. The lowest BCUT2D eigenvalue weighted by Gasteiger charge is -2.17. The zero-order valence-electron chi connectivity index (χ0n) is 19.7. The van der Waals surface area contributed by atoms with Crippen LogP contribution in [0.5, 0.6) is 0 Å². The second-order valence-corrected chi connectivity index (χ2v) is 10.8. The first kappa shape index (κ1) is 24.5. The Morgan fingerprint density at radius 1 is 1.06 bits per heavy atom. The second-order valence-electron chi connectivity index (χ2n) is 8.79. The molecule has 2 aliphatic heterocycles. The first-order valence-corrected chi connectivity index (χ1v) is 13.3. The topological polar surface area (TPSA) is 47.9 Å². The van der Waals surface area contributed by atoms with E-state index < -0.39 is 5.79 Å². The standard InChI is InChI=1S/C20H20OS2.C7H12O3/c1-14-3-4-15(13-21)11-17(14)12-19-9-10-20(23-19)16-5-7-18(22-2)8-6-16;1-7(2)9-5-3-4-8-6(5)10-7/h3-11,21H,12-13H2,1-2H3;5-6H,3-4H2,1-2H3. The number of aliphatic hydroxyl groups is 1. The SMILES string of the molecule is CC1(C)OC2CCOC2O1.CSc1ccc(-c2ccc(Cc3cc(CO)ccc3C)s2)cc1. The van der Waals surface area contributed by atoms with E-state index in [1.807, 2.05) is 31.3 Å². The third-order valence-corrected chi connectivity index (χ3v) is 7.70. The Labute approximate surface area is 204 Å². The van der Waals surface area contributed by atoms with Crippen LogP contribution in [0.2, 0.25) is 0 Å². The number of hydrogen-bond donors (Lipinski definition) is 1. The van der Waals surface area contributed by atoms with Crippen LogP contribution in [0, 0.1) is 6.92 Å². The highest BCUT2D eigenvalue weighted by molar-refractivity contribution is 7.98. The normalized spacial score (nSPS) is 20.9. The van der Waals surface area contributed by atoms with Crippen LogP contribution >= 0.6 is 23.1 Å². The fourth-order valence-corrected chi connectivity index (χ4v) is 5.47. The van der Waals surface area contributed by atoms with Crippen molar-refractivity contribution < 1.29 is 19.3 Å². The van der Waals surface area contributed by atoms with Gasteiger partial charge in [-0.05, 0) is 73.5 Å². The van der Waals surface area contributed by atoms with Gasteiger partial charge >= 0.3 is 0 Å². The average molecular weight is 485 g/mol. The number of thiophene rings is 1. The number of aliphatic hydroxyl groups excluding tert-OH is 1. The molecule has 2 aromatic carbocycles. The molecule has 2 unspecified atom stereocenters. The van der Waals surface area contributed by atoms with Crippen molar-refractivity contribution in [2.24, 2.45) is 0 Å². The number of benzene rings is 2. The maximum absolute atomic E-state index is 9.32. The van der Waals surface area contributed by atoms with Gasteiger partial charge in [0.25, 0.3) is 0 Å². The van der Waals surface area contributed by atoms with Gasteiger partial charge < -0.3 is 19.3 Å². The summed E-state index contributed by atoms with van der Waals surface area (Å²) in [5.74, 6) is -0.435. The van der Waals surface area contributed by atoms with Crippen molar-refractivity contribution in [3.8, 4) is 10.4 Å². The highest BCUT2D eigenvalue weighted by atomic mass is 32.2. The Kier molecular flexibility index (Phi) is 7.95. The van der Waals surface area contributed by atoms with Crippen molar-refractivity contribution in [1.82, 2.24) is 0 Å². The third-order valence-electron chi connectivity index (χ3n) is 5.82. The molecule has 2 saturated heterocycles. The molecule has 1 N–H and O–H groups in total. The van der Waals surface area contributed by atoms with Crippen LogP contribution in [0.4, 0.5) is 0 Å². The highest BCUT2D eigenvalue weighted by Crippen LogP contribution is 2.34. The molecule has 3 heterocycles. The van der Waals surface area contributed by atoms with E-state index in [9.17, 15) is 5.11 Å². The molecule has 6 heteroatoms. The molecule has 2 aliphatic rings. The number of ether oxygens (including phenoxy) is 3. The lowest BCUT2D eigenvalue weighted by atomic mass is 10.0. The fraction of sp³-hybridized carbons (Fsp3) is 0.407. The summed E-state index contributed by atoms with van der Waals surface area (Å²) in [6, 6.07) is 19.4. The minimum absolute atomic E-state index is 0.102. The molecule has 0 bridgehead atoms. The predicted molar refractivity (Wildman–Crippen MR) is 136 cm³/mol. The first-order chi connectivity index (χ1) is 15.9. The number of rotatable bonds is 5. The summed E-state index contributed by atoms with van der Waals surface area (Å²) in [6.07, 6.45) is 4.06. The summed E-state index contributed by atoms with van der Waals surface area (Å²) >= 11 is 3.61.